The largest absolute Gasteiger partial charge is 0.470 e. The average molecular weight is 406 g/mol. The summed E-state index contributed by atoms with van der Waals surface area (Å²) in [5.74, 6) is 0.548. The number of likely N-dealkylation sites (tertiary alicyclic amines) is 1. The highest BCUT2D eigenvalue weighted by atomic mass is 35.5. The molecule has 2 heterocycles. The van der Waals surface area contributed by atoms with E-state index in [9.17, 15) is 14.9 Å². The molecule has 0 saturated carbocycles. The van der Waals surface area contributed by atoms with Gasteiger partial charge >= 0.3 is 0 Å². The highest BCUT2D eigenvalue weighted by molar-refractivity contribution is 6.31. The molecule has 2 aromatic rings. The zero-order valence-electron chi connectivity index (χ0n) is 15.5. The van der Waals surface area contributed by atoms with E-state index in [-0.39, 0.29) is 22.4 Å². The zero-order valence-corrected chi connectivity index (χ0v) is 16.3. The Morgan fingerprint density at radius 1 is 1.36 bits per heavy atom. The molecule has 1 aliphatic rings. The molecule has 0 spiro atoms. The first-order chi connectivity index (χ1) is 13.4. The molecular weight excluding hydrogens is 386 g/mol. The molecule has 1 fully saturated rings. The second-order valence-electron chi connectivity index (χ2n) is 6.63. The van der Waals surface area contributed by atoms with Crippen molar-refractivity contribution >= 4 is 29.0 Å². The monoisotopic (exact) mass is 405 g/mol. The second kappa shape index (κ2) is 8.39. The smallest absolute Gasteiger partial charge is 0.282 e. The molecule has 0 radical (unpaired) electrons. The molecule has 9 nitrogen and oxygen atoms in total. The topological polar surface area (TPSA) is 102 Å². The van der Waals surface area contributed by atoms with E-state index >= 15 is 0 Å². The number of anilines is 1. The molecule has 148 valence electrons. The van der Waals surface area contributed by atoms with Crippen molar-refractivity contribution in [2.45, 2.75) is 18.9 Å². The van der Waals surface area contributed by atoms with E-state index in [1.165, 1.54) is 18.2 Å². The van der Waals surface area contributed by atoms with Crippen LogP contribution in [0.4, 0.5) is 11.5 Å². The fourth-order valence-corrected chi connectivity index (χ4v) is 3.27. The summed E-state index contributed by atoms with van der Waals surface area (Å²) in [7, 11) is 3.68. The first-order valence-corrected chi connectivity index (χ1v) is 9.13. The van der Waals surface area contributed by atoms with Gasteiger partial charge in [-0.05, 0) is 25.0 Å². The zero-order chi connectivity index (χ0) is 20.3. The molecular formula is C18H20ClN5O4. The lowest BCUT2D eigenvalue weighted by molar-refractivity contribution is -0.385. The fraction of sp³-hybridized carbons (Fsp3) is 0.389. The van der Waals surface area contributed by atoms with Gasteiger partial charge in [-0.1, -0.05) is 11.6 Å². The van der Waals surface area contributed by atoms with E-state index in [1.807, 2.05) is 14.1 Å². The third-order valence-electron chi connectivity index (χ3n) is 4.40. The highest BCUT2D eigenvalue weighted by Gasteiger charge is 2.30. The summed E-state index contributed by atoms with van der Waals surface area (Å²) < 4.78 is 6.00. The maximum Gasteiger partial charge on any atom is 0.282 e. The lowest BCUT2D eigenvalue weighted by Crippen LogP contribution is -2.44. The number of nitro groups is 1. The molecule has 1 aliphatic heterocycles. The number of piperidine rings is 1. The van der Waals surface area contributed by atoms with Crippen LogP contribution in [-0.4, -0.2) is 59.0 Å². The minimum absolute atomic E-state index is 0.0216. The van der Waals surface area contributed by atoms with Gasteiger partial charge in [0.2, 0.25) is 0 Å². The van der Waals surface area contributed by atoms with Gasteiger partial charge in [-0.2, -0.15) is 0 Å². The lowest BCUT2D eigenvalue weighted by atomic mass is 10.1. The van der Waals surface area contributed by atoms with E-state index in [4.69, 9.17) is 16.3 Å². The first kappa shape index (κ1) is 19.8. The Hall–Kier alpha value is -2.94. The quantitative estimate of drug-likeness (QED) is 0.556. The summed E-state index contributed by atoms with van der Waals surface area (Å²) in [4.78, 5) is 35.5. The lowest BCUT2D eigenvalue weighted by Gasteiger charge is -2.33. The van der Waals surface area contributed by atoms with Crippen molar-refractivity contribution in [3.05, 3.63) is 51.3 Å². The molecule has 28 heavy (non-hydrogen) atoms. The number of carbonyl (C=O) groups excluding carboxylic acids is 1. The van der Waals surface area contributed by atoms with Crippen molar-refractivity contribution in [2.75, 3.05) is 32.1 Å². The number of amides is 1. The van der Waals surface area contributed by atoms with Crippen molar-refractivity contribution in [2.24, 2.45) is 0 Å². The average Bonchev–Trinajstić information content (AvgIpc) is 2.67. The molecule has 3 rings (SSSR count). The molecule has 0 N–H and O–H groups in total. The van der Waals surface area contributed by atoms with Gasteiger partial charge in [0.1, 0.15) is 11.7 Å². The predicted octanol–water partition coefficient (Wildman–Crippen LogP) is 2.79. The predicted molar refractivity (Wildman–Crippen MR) is 104 cm³/mol. The summed E-state index contributed by atoms with van der Waals surface area (Å²) in [5.41, 5.74) is -0.284. The van der Waals surface area contributed by atoms with E-state index in [2.05, 4.69) is 9.97 Å². The molecule has 0 aliphatic carbocycles. The molecule has 1 amide bonds. The SMILES string of the molecule is CN(C)c1nccnc1OC1CCCN(C(=O)c2cc(Cl)ccc2[N+](=O)[O-])C1. The van der Waals surface area contributed by atoms with Gasteiger partial charge in [0, 0.05) is 44.1 Å². The van der Waals surface area contributed by atoms with Crippen LogP contribution in [0.2, 0.25) is 5.02 Å². The van der Waals surface area contributed by atoms with Gasteiger partial charge in [-0.15, -0.1) is 0 Å². The van der Waals surface area contributed by atoms with Crippen LogP contribution < -0.4 is 9.64 Å². The molecule has 1 aromatic carbocycles. The van der Waals surface area contributed by atoms with Crippen molar-refractivity contribution in [3.8, 4) is 5.88 Å². The van der Waals surface area contributed by atoms with Crippen molar-refractivity contribution in [1.82, 2.24) is 14.9 Å². The minimum Gasteiger partial charge on any atom is -0.470 e. The first-order valence-electron chi connectivity index (χ1n) is 8.75. The molecule has 0 bridgehead atoms. The number of nitrogens with zero attached hydrogens (tertiary/aromatic N) is 5. The number of hydrogen-bond donors (Lipinski definition) is 0. The Balaban J connectivity index is 1.78. The number of benzene rings is 1. The van der Waals surface area contributed by atoms with Crippen LogP contribution in [0.3, 0.4) is 0 Å². The Morgan fingerprint density at radius 2 is 2.11 bits per heavy atom. The van der Waals surface area contributed by atoms with Crippen molar-refractivity contribution in [1.29, 1.82) is 0 Å². The Bertz CT molecular complexity index is 892. The minimum atomic E-state index is -0.579. The Labute approximate surface area is 167 Å². The van der Waals surface area contributed by atoms with Crippen molar-refractivity contribution < 1.29 is 14.5 Å². The standard InChI is InChI=1S/C18H20ClN5O4/c1-22(2)16-17(21-8-7-20-16)28-13-4-3-9-23(11-13)18(25)14-10-12(19)5-6-15(14)24(26)27/h5-8,10,13H,3-4,9,11H2,1-2H3. The Morgan fingerprint density at radius 3 is 2.82 bits per heavy atom. The highest BCUT2D eigenvalue weighted by Crippen LogP contribution is 2.27. The summed E-state index contributed by atoms with van der Waals surface area (Å²) in [5, 5.41) is 11.5. The van der Waals surface area contributed by atoms with Crippen LogP contribution in [0.15, 0.2) is 30.6 Å². The fourth-order valence-electron chi connectivity index (χ4n) is 3.09. The summed E-state index contributed by atoms with van der Waals surface area (Å²) in [6.45, 7) is 0.787. The number of aromatic nitrogens is 2. The van der Waals surface area contributed by atoms with Crippen LogP contribution in [0.25, 0.3) is 0 Å². The van der Waals surface area contributed by atoms with E-state index in [1.54, 1.807) is 22.2 Å². The van der Waals surface area contributed by atoms with Crippen molar-refractivity contribution in [3.63, 3.8) is 0 Å². The van der Waals surface area contributed by atoms with Gasteiger partial charge in [-0.25, -0.2) is 9.97 Å². The van der Waals surface area contributed by atoms with Crippen LogP contribution in [-0.2, 0) is 0 Å². The summed E-state index contributed by atoms with van der Waals surface area (Å²) >= 11 is 5.95. The van der Waals surface area contributed by atoms with Gasteiger partial charge in [0.05, 0.1) is 11.5 Å². The number of hydrogen-bond acceptors (Lipinski definition) is 7. The van der Waals surface area contributed by atoms with E-state index in [0.29, 0.717) is 31.2 Å². The molecule has 1 aromatic heterocycles. The summed E-state index contributed by atoms with van der Waals surface area (Å²) in [6.07, 6.45) is 4.29. The van der Waals surface area contributed by atoms with E-state index in [0.717, 1.165) is 6.42 Å². The molecule has 10 heteroatoms. The molecule has 1 unspecified atom stereocenters. The second-order valence-corrected chi connectivity index (χ2v) is 7.07. The van der Waals surface area contributed by atoms with Gasteiger partial charge in [-0.3, -0.25) is 14.9 Å². The summed E-state index contributed by atoms with van der Waals surface area (Å²) in [6, 6.07) is 3.98. The maximum absolute atomic E-state index is 12.9. The van der Waals surface area contributed by atoms with E-state index < -0.39 is 10.8 Å². The van der Waals surface area contributed by atoms with Crippen LogP contribution in [0.5, 0.6) is 5.88 Å². The van der Waals surface area contributed by atoms with Crippen LogP contribution >= 0.6 is 11.6 Å². The third kappa shape index (κ3) is 4.30. The number of halogens is 1. The van der Waals surface area contributed by atoms with Crippen LogP contribution in [0.1, 0.15) is 23.2 Å². The maximum atomic E-state index is 12.9. The third-order valence-corrected chi connectivity index (χ3v) is 4.63. The van der Waals surface area contributed by atoms with Gasteiger partial charge in [0.15, 0.2) is 5.82 Å². The van der Waals surface area contributed by atoms with Crippen LogP contribution in [0, 0.1) is 10.1 Å². The molecule has 1 atom stereocenters. The number of ether oxygens (including phenoxy) is 1. The molecule has 1 saturated heterocycles. The van der Waals surface area contributed by atoms with Gasteiger partial charge in [0.25, 0.3) is 17.5 Å². The Kier molecular flexibility index (Phi) is 5.93. The number of nitro benzene ring substituents is 1. The van der Waals surface area contributed by atoms with Gasteiger partial charge < -0.3 is 14.5 Å². The normalized spacial score (nSPS) is 16.5. The number of rotatable bonds is 5. The number of carbonyl (C=O) groups is 1.